The molecule has 0 bridgehead atoms. The second-order valence-corrected chi connectivity index (χ2v) is 4.48. The van der Waals surface area contributed by atoms with Crippen molar-refractivity contribution in [1.82, 2.24) is 5.43 Å². The number of aromatic hydroxyl groups is 1. The first kappa shape index (κ1) is 16.5. The number of benzene rings is 2. The fourth-order valence-corrected chi connectivity index (χ4v) is 1.78. The van der Waals surface area contributed by atoms with Crippen molar-refractivity contribution in [2.75, 3.05) is 0 Å². The zero-order valence-electron chi connectivity index (χ0n) is 11.9. The minimum Gasteiger partial charge on any atom is -0.502 e. The van der Waals surface area contributed by atoms with Crippen molar-refractivity contribution >= 4 is 23.5 Å². The average Bonchev–Trinajstić information content (AvgIpc) is 2.56. The molecule has 0 aliphatic rings. The highest BCUT2D eigenvalue weighted by atomic mass is 16.6. The standard InChI is InChI=1S/C14H10N4O6/c19-13-10(6-11(17(21)22)7-12(13)18(23)24)8-15-16-14(20)9-4-2-1-3-5-9/h1-8,19H,(H,16,20)/b15-8+. The summed E-state index contributed by atoms with van der Waals surface area (Å²) in [6, 6.07) is 9.64. The van der Waals surface area contributed by atoms with Crippen LogP contribution in [0.25, 0.3) is 0 Å². The van der Waals surface area contributed by atoms with E-state index in [4.69, 9.17) is 0 Å². The van der Waals surface area contributed by atoms with Gasteiger partial charge in [-0.2, -0.15) is 5.10 Å². The normalized spacial score (nSPS) is 10.5. The Bertz CT molecular complexity index is 835. The summed E-state index contributed by atoms with van der Waals surface area (Å²) in [5.74, 6) is -1.34. The fraction of sp³-hybridized carbons (Fsp3) is 0. The van der Waals surface area contributed by atoms with Gasteiger partial charge in [-0.1, -0.05) is 18.2 Å². The molecule has 2 aromatic carbocycles. The molecule has 2 aromatic rings. The predicted molar refractivity (Wildman–Crippen MR) is 82.9 cm³/mol. The molecule has 10 heteroatoms. The van der Waals surface area contributed by atoms with Gasteiger partial charge in [0.2, 0.25) is 5.75 Å². The Hall–Kier alpha value is -3.82. The number of nitrogens with one attached hydrogen (secondary N) is 1. The van der Waals surface area contributed by atoms with Crippen molar-refractivity contribution in [2.24, 2.45) is 5.10 Å². The molecule has 0 aliphatic carbocycles. The quantitative estimate of drug-likeness (QED) is 0.486. The number of nitro groups is 2. The first-order chi connectivity index (χ1) is 11.4. The molecule has 122 valence electrons. The van der Waals surface area contributed by atoms with Crippen LogP contribution >= 0.6 is 0 Å². The van der Waals surface area contributed by atoms with Crippen molar-refractivity contribution in [3.63, 3.8) is 0 Å². The minimum absolute atomic E-state index is 0.274. The molecule has 0 aromatic heterocycles. The summed E-state index contributed by atoms with van der Waals surface area (Å²) in [5.41, 5.74) is 0.780. The zero-order chi connectivity index (χ0) is 17.7. The SMILES string of the molecule is O=C(N/N=C/c1cc([N+](=O)[O-])cc([N+](=O)[O-])c1O)c1ccccc1. The molecule has 10 nitrogen and oxygen atoms in total. The molecule has 0 spiro atoms. The smallest absolute Gasteiger partial charge is 0.318 e. The van der Waals surface area contributed by atoms with Crippen molar-refractivity contribution in [3.8, 4) is 5.75 Å². The van der Waals surface area contributed by atoms with Crippen LogP contribution in [0.5, 0.6) is 5.75 Å². The minimum atomic E-state index is -0.956. The van der Waals surface area contributed by atoms with E-state index >= 15 is 0 Å². The van der Waals surface area contributed by atoms with Gasteiger partial charge in [-0.05, 0) is 12.1 Å². The van der Waals surface area contributed by atoms with E-state index in [0.717, 1.165) is 12.3 Å². The van der Waals surface area contributed by atoms with Crippen molar-refractivity contribution in [3.05, 3.63) is 73.8 Å². The number of phenolic OH excluding ortho intramolecular Hbond substituents is 1. The van der Waals surface area contributed by atoms with E-state index in [0.29, 0.717) is 11.6 Å². The molecular formula is C14H10N4O6. The Morgan fingerprint density at radius 2 is 1.79 bits per heavy atom. The third-order valence-corrected chi connectivity index (χ3v) is 2.92. The third-order valence-electron chi connectivity index (χ3n) is 2.92. The lowest BCUT2D eigenvalue weighted by molar-refractivity contribution is -0.394. The molecule has 0 fully saturated rings. The summed E-state index contributed by atoms with van der Waals surface area (Å²) in [5, 5.41) is 34.9. The second-order valence-electron chi connectivity index (χ2n) is 4.48. The molecule has 2 rings (SSSR count). The van der Waals surface area contributed by atoms with E-state index < -0.39 is 32.9 Å². The number of carbonyl (C=O) groups is 1. The first-order valence-electron chi connectivity index (χ1n) is 6.44. The number of rotatable bonds is 5. The molecule has 0 unspecified atom stereocenters. The molecule has 2 N–H and O–H groups in total. The third kappa shape index (κ3) is 3.68. The Labute approximate surface area is 134 Å². The largest absolute Gasteiger partial charge is 0.502 e. The molecular weight excluding hydrogens is 320 g/mol. The van der Waals surface area contributed by atoms with Crippen LogP contribution in [0.2, 0.25) is 0 Å². The summed E-state index contributed by atoms with van der Waals surface area (Å²) in [4.78, 5) is 31.6. The fourth-order valence-electron chi connectivity index (χ4n) is 1.78. The average molecular weight is 330 g/mol. The van der Waals surface area contributed by atoms with Crippen LogP contribution in [-0.2, 0) is 0 Å². The number of amides is 1. The van der Waals surface area contributed by atoms with Crippen molar-refractivity contribution < 1.29 is 19.7 Å². The van der Waals surface area contributed by atoms with Gasteiger partial charge in [0.1, 0.15) is 0 Å². The van der Waals surface area contributed by atoms with Crippen LogP contribution in [0.4, 0.5) is 11.4 Å². The summed E-state index contributed by atoms with van der Waals surface area (Å²) < 4.78 is 0. The number of non-ortho nitro benzene ring substituents is 1. The lowest BCUT2D eigenvalue weighted by Gasteiger charge is -2.02. The molecule has 0 saturated carbocycles. The maximum atomic E-state index is 11.8. The summed E-state index contributed by atoms with van der Waals surface area (Å²) in [6.45, 7) is 0. The highest BCUT2D eigenvalue weighted by molar-refractivity contribution is 5.95. The van der Waals surface area contributed by atoms with Crippen LogP contribution in [0.15, 0.2) is 47.6 Å². The summed E-state index contributed by atoms with van der Waals surface area (Å²) >= 11 is 0. The van der Waals surface area contributed by atoms with Gasteiger partial charge in [-0.15, -0.1) is 0 Å². The maximum absolute atomic E-state index is 11.8. The molecule has 0 heterocycles. The second kappa shape index (κ2) is 6.96. The van der Waals surface area contributed by atoms with Gasteiger partial charge in [0, 0.05) is 11.6 Å². The van der Waals surface area contributed by atoms with Gasteiger partial charge in [0.05, 0.1) is 27.7 Å². The van der Waals surface area contributed by atoms with E-state index in [-0.39, 0.29) is 5.56 Å². The molecule has 24 heavy (non-hydrogen) atoms. The Balaban J connectivity index is 2.27. The van der Waals surface area contributed by atoms with Gasteiger partial charge < -0.3 is 5.11 Å². The Kier molecular flexibility index (Phi) is 4.80. The first-order valence-corrected chi connectivity index (χ1v) is 6.44. The van der Waals surface area contributed by atoms with Crippen molar-refractivity contribution in [1.29, 1.82) is 0 Å². The highest BCUT2D eigenvalue weighted by Crippen LogP contribution is 2.33. The van der Waals surface area contributed by atoms with Gasteiger partial charge in [0.15, 0.2) is 0 Å². The predicted octanol–water partition coefficient (Wildman–Crippen LogP) is 1.97. The van der Waals surface area contributed by atoms with E-state index in [1.165, 1.54) is 0 Å². The topological polar surface area (TPSA) is 148 Å². The summed E-state index contributed by atoms with van der Waals surface area (Å²) in [6.07, 6.45) is 0.885. The van der Waals surface area contributed by atoms with Gasteiger partial charge in [0.25, 0.3) is 11.6 Å². The summed E-state index contributed by atoms with van der Waals surface area (Å²) in [7, 11) is 0. The molecule has 0 radical (unpaired) electrons. The van der Waals surface area contributed by atoms with Crippen LogP contribution < -0.4 is 5.43 Å². The Morgan fingerprint density at radius 3 is 2.38 bits per heavy atom. The monoisotopic (exact) mass is 330 g/mol. The van der Waals surface area contributed by atoms with E-state index in [2.05, 4.69) is 10.5 Å². The van der Waals surface area contributed by atoms with E-state index in [1.54, 1.807) is 30.3 Å². The zero-order valence-corrected chi connectivity index (χ0v) is 11.9. The Morgan fingerprint density at radius 1 is 1.12 bits per heavy atom. The number of phenols is 1. The number of hydrogen-bond donors (Lipinski definition) is 2. The number of nitro benzene ring substituents is 2. The van der Waals surface area contributed by atoms with Crippen LogP contribution in [0, 0.1) is 20.2 Å². The maximum Gasteiger partial charge on any atom is 0.318 e. The van der Waals surface area contributed by atoms with Gasteiger partial charge >= 0.3 is 5.69 Å². The lowest BCUT2D eigenvalue weighted by Crippen LogP contribution is -2.17. The number of nitrogens with zero attached hydrogens (tertiary/aromatic N) is 3. The molecule has 0 atom stereocenters. The lowest BCUT2D eigenvalue weighted by atomic mass is 10.1. The van der Waals surface area contributed by atoms with E-state index in [1.807, 2.05) is 0 Å². The van der Waals surface area contributed by atoms with E-state index in [9.17, 15) is 30.1 Å². The molecule has 0 saturated heterocycles. The van der Waals surface area contributed by atoms with Crippen LogP contribution in [0.3, 0.4) is 0 Å². The number of carbonyl (C=O) groups excluding carboxylic acids is 1. The van der Waals surface area contributed by atoms with Gasteiger partial charge in [-0.25, -0.2) is 5.43 Å². The van der Waals surface area contributed by atoms with Crippen LogP contribution in [-0.4, -0.2) is 27.1 Å². The highest BCUT2D eigenvalue weighted by Gasteiger charge is 2.23. The van der Waals surface area contributed by atoms with Crippen molar-refractivity contribution in [2.45, 2.75) is 0 Å². The number of hydrogen-bond acceptors (Lipinski definition) is 7. The number of hydrazone groups is 1. The van der Waals surface area contributed by atoms with Gasteiger partial charge in [-0.3, -0.25) is 25.0 Å². The molecule has 1 amide bonds. The van der Waals surface area contributed by atoms with Crippen LogP contribution in [0.1, 0.15) is 15.9 Å². The molecule has 0 aliphatic heterocycles.